The van der Waals surface area contributed by atoms with Gasteiger partial charge in [-0.3, -0.25) is 4.90 Å². The van der Waals surface area contributed by atoms with Gasteiger partial charge in [-0.2, -0.15) is 0 Å². The van der Waals surface area contributed by atoms with Crippen LogP contribution in [0.25, 0.3) is 0 Å². The Morgan fingerprint density at radius 3 is 2.85 bits per heavy atom. The number of aryl methyl sites for hydroxylation is 1. The van der Waals surface area contributed by atoms with Crippen molar-refractivity contribution in [2.24, 2.45) is 0 Å². The van der Waals surface area contributed by atoms with Crippen molar-refractivity contribution in [1.29, 1.82) is 0 Å². The average Bonchev–Trinajstić information content (AvgIpc) is 2.68. The first-order valence-corrected chi connectivity index (χ1v) is 9.16. The molecule has 1 aliphatic rings. The highest BCUT2D eigenvalue weighted by Crippen LogP contribution is 2.28. The van der Waals surface area contributed by atoms with E-state index < -0.39 is 0 Å². The van der Waals surface area contributed by atoms with Crippen molar-refractivity contribution in [3.8, 4) is 11.5 Å². The number of carbonyl (C=O) groups excluding carboxylic acids is 1. The SMILES string of the molecule is CCOc1ccc(CCNC(=O)N2CCCc3ccccc32)cc1OC. The van der Waals surface area contributed by atoms with Gasteiger partial charge in [0, 0.05) is 18.8 Å². The third kappa shape index (κ3) is 4.10. The minimum absolute atomic E-state index is 0.0324. The number of methoxy groups -OCH3 is 1. The number of amides is 2. The van der Waals surface area contributed by atoms with E-state index >= 15 is 0 Å². The molecule has 0 radical (unpaired) electrons. The number of para-hydroxylation sites is 1. The Morgan fingerprint density at radius 1 is 1.19 bits per heavy atom. The molecule has 0 saturated carbocycles. The molecular weight excluding hydrogens is 328 g/mol. The molecule has 0 atom stereocenters. The van der Waals surface area contributed by atoms with Crippen molar-refractivity contribution in [3.05, 3.63) is 53.6 Å². The zero-order valence-corrected chi connectivity index (χ0v) is 15.5. The fourth-order valence-corrected chi connectivity index (χ4v) is 3.30. The van der Waals surface area contributed by atoms with Gasteiger partial charge in [-0.25, -0.2) is 4.79 Å². The van der Waals surface area contributed by atoms with Crippen LogP contribution in [0.5, 0.6) is 11.5 Å². The molecule has 0 aromatic heterocycles. The molecule has 2 amide bonds. The van der Waals surface area contributed by atoms with E-state index in [1.807, 2.05) is 48.2 Å². The van der Waals surface area contributed by atoms with E-state index in [2.05, 4.69) is 11.4 Å². The molecule has 0 bridgehead atoms. The highest BCUT2D eigenvalue weighted by atomic mass is 16.5. The maximum Gasteiger partial charge on any atom is 0.321 e. The number of benzene rings is 2. The lowest BCUT2D eigenvalue weighted by atomic mass is 10.0. The molecular formula is C21H26N2O3. The summed E-state index contributed by atoms with van der Waals surface area (Å²) in [6, 6.07) is 14.0. The lowest BCUT2D eigenvalue weighted by Gasteiger charge is -2.29. The van der Waals surface area contributed by atoms with Gasteiger partial charge in [0.05, 0.1) is 13.7 Å². The quantitative estimate of drug-likeness (QED) is 0.858. The number of carbonyl (C=O) groups is 1. The number of fused-ring (bicyclic) bond motifs is 1. The average molecular weight is 354 g/mol. The molecule has 0 spiro atoms. The molecule has 3 rings (SSSR count). The Balaban J connectivity index is 1.58. The van der Waals surface area contributed by atoms with Crippen LogP contribution in [-0.4, -0.2) is 32.8 Å². The van der Waals surface area contributed by atoms with Crippen LogP contribution in [0, 0.1) is 0 Å². The van der Waals surface area contributed by atoms with Gasteiger partial charge in [0.25, 0.3) is 0 Å². The number of nitrogens with one attached hydrogen (secondary N) is 1. The van der Waals surface area contributed by atoms with E-state index in [0.29, 0.717) is 13.2 Å². The number of ether oxygens (including phenoxy) is 2. The Labute approximate surface area is 154 Å². The summed E-state index contributed by atoms with van der Waals surface area (Å²) in [5.74, 6) is 1.47. The lowest BCUT2D eigenvalue weighted by Crippen LogP contribution is -2.43. The van der Waals surface area contributed by atoms with Crippen LogP contribution in [0.3, 0.4) is 0 Å². The number of urea groups is 1. The van der Waals surface area contributed by atoms with Crippen LogP contribution >= 0.6 is 0 Å². The zero-order valence-electron chi connectivity index (χ0n) is 15.5. The smallest absolute Gasteiger partial charge is 0.321 e. The first-order chi connectivity index (χ1) is 12.7. The topological polar surface area (TPSA) is 50.8 Å². The van der Waals surface area contributed by atoms with E-state index in [4.69, 9.17) is 9.47 Å². The molecule has 2 aromatic carbocycles. The number of hydrogen-bond acceptors (Lipinski definition) is 3. The molecule has 138 valence electrons. The third-order valence-corrected chi connectivity index (χ3v) is 4.57. The summed E-state index contributed by atoms with van der Waals surface area (Å²) >= 11 is 0. The van der Waals surface area contributed by atoms with Crippen molar-refractivity contribution < 1.29 is 14.3 Å². The van der Waals surface area contributed by atoms with Crippen molar-refractivity contribution in [2.75, 3.05) is 31.7 Å². The molecule has 5 heteroatoms. The van der Waals surface area contributed by atoms with E-state index in [-0.39, 0.29) is 6.03 Å². The summed E-state index contributed by atoms with van der Waals surface area (Å²) in [7, 11) is 1.64. The fourth-order valence-electron chi connectivity index (χ4n) is 3.30. The van der Waals surface area contributed by atoms with E-state index in [0.717, 1.165) is 48.6 Å². The largest absolute Gasteiger partial charge is 0.493 e. The van der Waals surface area contributed by atoms with Crippen LogP contribution in [0.2, 0.25) is 0 Å². The van der Waals surface area contributed by atoms with Crippen molar-refractivity contribution in [1.82, 2.24) is 5.32 Å². The van der Waals surface area contributed by atoms with E-state index in [9.17, 15) is 4.79 Å². The highest BCUT2D eigenvalue weighted by Gasteiger charge is 2.21. The second-order valence-corrected chi connectivity index (χ2v) is 6.28. The van der Waals surface area contributed by atoms with Crippen molar-refractivity contribution in [2.45, 2.75) is 26.2 Å². The predicted molar refractivity (Wildman–Crippen MR) is 103 cm³/mol. The maximum absolute atomic E-state index is 12.6. The minimum Gasteiger partial charge on any atom is -0.493 e. The predicted octanol–water partition coefficient (Wildman–Crippen LogP) is 3.80. The monoisotopic (exact) mass is 354 g/mol. The van der Waals surface area contributed by atoms with Crippen LogP contribution < -0.4 is 19.7 Å². The summed E-state index contributed by atoms with van der Waals surface area (Å²) in [6.45, 7) is 3.89. The van der Waals surface area contributed by atoms with Gasteiger partial charge < -0.3 is 14.8 Å². The Bertz CT molecular complexity index is 761. The van der Waals surface area contributed by atoms with Crippen LogP contribution in [0.4, 0.5) is 10.5 Å². The van der Waals surface area contributed by atoms with Crippen LogP contribution in [0.15, 0.2) is 42.5 Å². The molecule has 1 heterocycles. The van der Waals surface area contributed by atoms with Gasteiger partial charge in [-0.05, 0) is 55.5 Å². The second kappa shape index (κ2) is 8.61. The number of nitrogens with zero attached hydrogens (tertiary/aromatic N) is 1. The van der Waals surface area contributed by atoms with Gasteiger partial charge in [0.15, 0.2) is 11.5 Å². The molecule has 0 saturated heterocycles. The Hall–Kier alpha value is -2.69. The first kappa shape index (κ1) is 18.1. The van der Waals surface area contributed by atoms with E-state index in [1.165, 1.54) is 5.56 Å². The maximum atomic E-state index is 12.6. The van der Waals surface area contributed by atoms with Gasteiger partial charge in [0.2, 0.25) is 0 Å². The number of hydrogen-bond donors (Lipinski definition) is 1. The normalized spacial score (nSPS) is 13.1. The summed E-state index contributed by atoms with van der Waals surface area (Å²) in [5.41, 5.74) is 3.37. The Kier molecular flexibility index (Phi) is 6.00. The summed E-state index contributed by atoms with van der Waals surface area (Å²) < 4.78 is 10.9. The first-order valence-electron chi connectivity index (χ1n) is 9.16. The van der Waals surface area contributed by atoms with Gasteiger partial charge in [-0.15, -0.1) is 0 Å². The lowest BCUT2D eigenvalue weighted by molar-refractivity contribution is 0.246. The molecule has 0 unspecified atom stereocenters. The summed E-state index contributed by atoms with van der Waals surface area (Å²) in [6.07, 6.45) is 2.77. The Morgan fingerprint density at radius 2 is 2.04 bits per heavy atom. The van der Waals surface area contributed by atoms with Crippen LogP contribution in [-0.2, 0) is 12.8 Å². The molecule has 26 heavy (non-hydrogen) atoms. The third-order valence-electron chi connectivity index (χ3n) is 4.57. The van der Waals surface area contributed by atoms with E-state index in [1.54, 1.807) is 7.11 Å². The molecule has 0 aliphatic carbocycles. The molecule has 1 aliphatic heterocycles. The minimum atomic E-state index is -0.0324. The summed E-state index contributed by atoms with van der Waals surface area (Å²) in [4.78, 5) is 14.4. The highest BCUT2D eigenvalue weighted by molar-refractivity contribution is 5.93. The fraction of sp³-hybridized carbons (Fsp3) is 0.381. The number of anilines is 1. The molecule has 0 fully saturated rings. The van der Waals surface area contributed by atoms with Gasteiger partial charge in [-0.1, -0.05) is 24.3 Å². The van der Waals surface area contributed by atoms with Crippen LogP contribution in [0.1, 0.15) is 24.5 Å². The molecule has 5 nitrogen and oxygen atoms in total. The second-order valence-electron chi connectivity index (χ2n) is 6.28. The van der Waals surface area contributed by atoms with Gasteiger partial charge in [0.1, 0.15) is 0 Å². The summed E-state index contributed by atoms with van der Waals surface area (Å²) in [5, 5.41) is 3.03. The standard InChI is InChI=1S/C21H26N2O3/c1-3-26-19-11-10-16(15-20(19)25-2)12-13-22-21(24)23-14-6-8-17-7-4-5-9-18(17)23/h4-5,7,9-11,15H,3,6,8,12-14H2,1-2H3,(H,22,24). The number of rotatable bonds is 6. The van der Waals surface area contributed by atoms with Gasteiger partial charge >= 0.3 is 6.03 Å². The molecule has 2 aromatic rings. The van der Waals surface area contributed by atoms with Crippen molar-refractivity contribution in [3.63, 3.8) is 0 Å². The van der Waals surface area contributed by atoms with Crippen molar-refractivity contribution >= 4 is 11.7 Å². The zero-order chi connectivity index (χ0) is 18.4. The molecule has 1 N–H and O–H groups in total.